The fraction of sp³-hybridized carbons (Fsp3) is 0.377. The van der Waals surface area contributed by atoms with Crippen LogP contribution in [0.15, 0.2) is 102 Å². The topological polar surface area (TPSA) is 79.7 Å². The van der Waals surface area contributed by atoms with Crippen LogP contribution < -0.4 is 19.7 Å². The van der Waals surface area contributed by atoms with Crippen molar-refractivity contribution in [1.82, 2.24) is 0 Å². The van der Waals surface area contributed by atoms with Crippen LogP contribution >= 0.6 is 11.3 Å². The number of hydrogen-bond donors (Lipinski definition) is 1. The summed E-state index contributed by atoms with van der Waals surface area (Å²) in [5.41, 5.74) is 13.7. The van der Waals surface area contributed by atoms with Crippen molar-refractivity contribution in [3.63, 3.8) is 0 Å². The van der Waals surface area contributed by atoms with Crippen molar-refractivity contribution >= 4 is 69.1 Å². The van der Waals surface area contributed by atoms with Crippen LogP contribution in [0.4, 0.5) is 34.1 Å². The molecule has 0 unspecified atom stereocenters. The molecule has 318 valence electrons. The first-order valence-electron chi connectivity index (χ1n) is 22.2. The van der Waals surface area contributed by atoms with Crippen molar-refractivity contribution in [3.05, 3.63) is 124 Å². The number of carbonyl (C=O) groups is 2. The molecule has 62 heavy (non-hydrogen) atoms. The van der Waals surface area contributed by atoms with E-state index in [1.54, 1.807) is 30.3 Å². The lowest BCUT2D eigenvalue weighted by atomic mass is 9.69. The second-order valence-electron chi connectivity index (χ2n) is 20.6. The third-order valence-electron chi connectivity index (χ3n) is 14.7. The van der Waals surface area contributed by atoms with Gasteiger partial charge in [-0.25, -0.2) is 4.79 Å². The zero-order chi connectivity index (χ0) is 43.5. The third-order valence-corrected chi connectivity index (χ3v) is 15.8. The van der Waals surface area contributed by atoms with Gasteiger partial charge in [-0.2, -0.15) is 10.1 Å². The van der Waals surface area contributed by atoms with Gasteiger partial charge in [-0.05, 0) is 142 Å². The van der Waals surface area contributed by atoms with Gasteiger partial charge in [-0.1, -0.05) is 85.7 Å². The van der Waals surface area contributed by atoms with Gasteiger partial charge in [0, 0.05) is 64.4 Å². The molecular weight excluding hydrogens is 787 g/mol. The van der Waals surface area contributed by atoms with Gasteiger partial charge in [-0.15, -0.1) is 11.3 Å². The highest BCUT2D eigenvalue weighted by Gasteiger charge is 2.43. The summed E-state index contributed by atoms with van der Waals surface area (Å²) in [4.78, 5) is 35.4. The first-order valence-corrected chi connectivity index (χ1v) is 23.1. The largest absolute Gasteiger partial charge is 0.476 e. The molecule has 0 bridgehead atoms. The molecule has 0 aliphatic carbocycles. The molecule has 0 spiro atoms. The zero-order valence-electron chi connectivity index (χ0n) is 37.3. The van der Waals surface area contributed by atoms with Crippen LogP contribution in [0.25, 0.3) is 16.5 Å². The molecular formula is C53H57N5O3S. The van der Waals surface area contributed by atoms with E-state index in [0.717, 1.165) is 72.9 Å². The predicted molar refractivity (Wildman–Crippen MR) is 256 cm³/mol. The lowest BCUT2D eigenvalue weighted by Gasteiger charge is -2.49. The lowest BCUT2D eigenvalue weighted by Crippen LogP contribution is -2.45. The van der Waals surface area contributed by atoms with E-state index in [1.807, 2.05) is 18.2 Å². The Labute approximate surface area is 370 Å². The summed E-state index contributed by atoms with van der Waals surface area (Å²) in [6, 6.07) is 31.8. The molecule has 5 aliphatic heterocycles. The van der Waals surface area contributed by atoms with Gasteiger partial charge in [0.25, 0.3) is 5.91 Å². The average molecular weight is 844 g/mol. The van der Waals surface area contributed by atoms with E-state index in [0.29, 0.717) is 5.69 Å². The Balaban J connectivity index is 1.09. The average Bonchev–Trinajstić information content (AvgIpc) is 3.84. The maximum Gasteiger partial charge on any atom is 0.357 e. The molecule has 0 saturated heterocycles. The van der Waals surface area contributed by atoms with E-state index in [-0.39, 0.29) is 32.9 Å². The van der Waals surface area contributed by atoms with E-state index >= 15 is 0 Å². The second kappa shape index (κ2) is 14.2. The number of carboxylic acid groups (broad SMARTS) is 1. The summed E-state index contributed by atoms with van der Waals surface area (Å²) >= 11 is 1.53. The van der Waals surface area contributed by atoms with Crippen molar-refractivity contribution < 1.29 is 14.7 Å². The number of carboxylic acids is 1. The lowest BCUT2D eigenvalue weighted by molar-refractivity contribution is -0.129. The third kappa shape index (κ3) is 6.57. The summed E-state index contributed by atoms with van der Waals surface area (Å²) in [5.74, 6) is -1.69. The van der Waals surface area contributed by atoms with Crippen molar-refractivity contribution in [2.24, 2.45) is 5.10 Å². The molecule has 5 aromatic rings. The number of nitrogens with zero attached hydrogens (tertiary/aromatic N) is 5. The zero-order valence-corrected chi connectivity index (χ0v) is 38.1. The van der Waals surface area contributed by atoms with Gasteiger partial charge in [0.05, 0.1) is 11.3 Å². The van der Waals surface area contributed by atoms with Gasteiger partial charge >= 0.3 is 5.97 Å². The van der Waals surface area contributed by atoms with Crippen LogP contribution in [0.3, 0.4) is 0 Å². The quantitative estimate of drug-likeness (QED) is 0.164. The molecule has 1 aromatic heterocycles. The van der Waals surface area contributed by atoms with Crippen molar-refractivity contribution in [2.75, 3.05) is 45.9 Å². The summed E-state index contributed by atoms with van der Waals surface area (Å²) in [7, 11) is 0. The molecule has 0 atom stereocenters. The number of thiophene rings is 1. The number of amides is 1. The van der Waals surface area contributed by atoms with Crippen molar-refractivity contribution in [2.45, 2.75) is 103 Å². The molecule has 10 rings (SSSR count). The monoisotopic (exact) mass is 843 g/mol. The normalized spacial score (nSPS) is 20.8. The number of carbonyl (C=O) groups excluding carboxylic acids is 1. The Morgan fingerprint density at radius 3 is 1.56 bits per heavy atom. The predicted octanol–water partition coefficient (Wildman–Crippen LogP) is 12.1. The molecule has 6 heterocycles. The molecule has 1 amide bonds. The maximum absolute atomic E-state index is 13.5. The van der Waals surface area contributed by atoms with Crippen LogP contribution in [0, 0.1) is 0 Å². The number of hydrazone groups is 1. The summed E-state index contributed by atoms with van der Waals surface area (Å²) in [6.45, 7) is 23.8. The van der Waals surface area contributed by atoms with Gasteiger partial charge in [0.1, 0.15) is 0 Å². The SMILES string of the molecule is CC1(C)CCN2CCC(C)(C)c3cc(N(c4ccc(-c5ccc(/C=C6\C(=O)N(c7ccccc7)N=C6C(=O)O)s5)cc4)c4cc5c6c(c4)C(C)(C)CCN6CCC5(C)C)cc1c32. The first-order chi connectivity index (χ1) is 29.4. The first kappa shape index (κ1) is 40.4. The number of para-hydroxylation sites is 1. The molecule has 1 N–H and O–H groups in total. The van der Waals surface area contributed by atoms with Gasteiger partial charge < -0.3 is 19.8 Å². The van der Waals surface area contributed by atoms with Crippen LogP contribution in [0.5, 0.6) is 0 Å². The molecule has 9 heteroatoms. The van der Waals surface area contributed by atoms with Crippen LogP contribution in [-0.2, 0) is 31.2 Å². The van der Waals surface area contributed by atoms with E-state index in [1.165, 1.54) is 61.3 Å². The fourth-order valence-electron chi connectivity index (χ4n) is 10.5. The standard InChI is InChI=1S/C53H57N5O3S/c1-50(2)20-24-55-25-21-51(3,4)41-29-36(28-40(50)46(41)55)57(37-30-42-47-43(31-37)53(7,8)23-27-56(47)26-22-52(42,5)6)34-16-14-33(15-17-34)44-19-18-38(62-44)32-39-45(49(60)61)54-58(48(39)59)35-12-10-9-11-13-35/h9-19,28-32H,20-27H2,1-8H3,(H,60,61)/b39-32-. The highest BCUT2D eigenvalue weighted by atomic mass is 32.1. The molecule has 0 radical (unpaired) electrons. The van der Waals surface area contributed by atoms with Crippen LogP contribution in [0.2, 0.25) is 0 Å². The van der Waals surface area contributed by atoms with E-state index in [9.17, 15) is 14.7 Å². The van der Waals surface area contributed by atoms with E-state index in [4.69, 9.17) is 0 Å². The van der Waals surface area contributed by atoms with Crippen LogP contribution in [0.1, 0.15) is 108 Å². The smallest absolute Gasteiger partial charge is 0.357 e. The minimum Gasteiger partial charge on any atom is -0.476 e. The molecule has 0 fully saturated rings. The van der Waals surface area contributed by atoms with Crippen molar-refractivity contribution in [1.29, 1.82) is 0 Å². The number of aliphatic carboxylic acids is 1. The van der Waals surface area contributed by atoms with E-state index in [2.05, 4.69) is 124 Å². The van der Waals surface area contributed by atoms with Gasteiger partial charge in [-0.3, -0.25) is 4.79 Å². The number of hydrogen-bond acceptors (Lipinski definition) is 7. The van der Waals surface area contributed by atoms with Crippen LogP contribution in [-0.4, -0.2) is 48.9 Å². The highest BCUT2D eigenvalue weighted by Crippen LogP contribution is 2.55. The second-order valence-corrected chi connectivity index (χ2v) is 21.8. The molecule has 0 saturated carbocycles. The van der Waals surface area contributed by atoms with Gasteiger partial charge in [0.15, 0.2) is 5.71 Å². The molecule has 4 aromatic carbocycles. The number of benzene rings is 4. The Kier molecular flexibility index (Phi) is 9.24. The highest BCUT2D eigenvalue weighted by molar-refractivity contribution is 7.16. The Morgan fingerprint density at radius 2 is 1.11 bits per heavy atom. The summed E-state index contributed by atoms with van der Waals surface area (Å²) in [5, 5.41) is 15.4. The van der Waals surface area contributed by atoms with Gasteiger partial charge in [0.2, 0.25) is 0 Å². The minimum absolute atomic E-state index is 0.0398. The fourth-order valence-corrected chi connectivity index (χ4v) is 11.5. The summed E-state index contributed by atoms with van der Waals surface area (Å²) in [6.07, 6.45) is 6.16. The maximum atomic E-state index is 13.5. The van der Waals surface area contributed by atoms with Crippen molar-refractivity contribution in [3.8, 4) is 10.4 Å². The molecule has 5 aliphatic rings. The number of rotatable bonds is 7. The Morgan fingerprint density at radius 1 is 0.645 bits per heavy atom. The Bertz CT molecular complexity index is 2540. The summed E-state index contributed by atoms with van der Waals surface area (Å²) < 4.78 is 0. The minimum atomic E-state index is -1.24. The van der Waals surface area contributed by atoms with E-state index < -0.39 is 11.9 Å². The molecule has 8 nitrogen and oxygen atoms in total. The number of anilines is 6. The Hall–Kier alpha value is -5.67.